The molecule has 0 spiro atoms. The fourth-order valence-electron chi connectivity index (χ4n) is 3.02. The van der Waals surface area contributed by atoms with Crippen molar-refractivity contribution in [2.45, 2.75) is 19.8 Å². The number of anilines is 1. The highest BCUT2D eigenvalue weighted by Gasteiger charge is 2.37. The lowest BCUT2D eigenvalue weighted by Crippen LogP contribution is -2.17. The van der Waals surface area contributed by atoms with E-state index in [-0.39, 0.29) is 5.91 Å². The van der Waals surface area contributed by atoms with E-state index in [9.17, 15) is 9.59 Å². The predicted octanol–water partition coefficient (Wildman–Crippen LogP) is 2.50. The van der Waals surface area contributed by atoms with Gasteiger partial charge in [-0.3, -0.25) is 4.79 Å². The van der Waals surface area contributed by atoms with Crippen LogP contribution in [0.5, 0.6) is 0 Å². The zero-order valence-corrected chi connectivity index (χ0v) is 12.1. The zero-order valence-electron chi connectivity index (χ0n) is 12.1. The molecule has 2 heterocycles. The highest BCUT2D eigenvalue weighted by Crippen LogP contribution is 2.40. The van der Waals surface area contributed by atoms with E-state index in [0.717, 1.165) is 16.9 Å². The third-order valence-corrected chi connectivity index (χ3v) is 3.89. The Balaban J connectivity index is 2.22. The molecule has 2 N–H and O–H groups in total. The molecule has 1 aromatic carbocycles. The van der Waals surface area contributed by atoms with Crippen molar-refractivity contribution in [2.24, 2.45) is 0 Å². The molecule has 0 bridgehead atoms. The average Bonchev–Trinajstić information content (AvgIpc) is 2.93. The van der Waals surface area contributed by atoms with Crippen molar-refractivity contribution in [1.82, 2.24) is 4.98 Å². The van der Waals surface area contributed by atoms with E-state index in [0.29, 0.717) is 16.8 Å². The van der Waals surface area contributed by atoms with Gasteiger partial charge in [0, 0.05) is 22.6 Å². The predicted molar refractivity (Wildman–Crippen MR) is 78.5 cm³/mol. The number of fused-ring (bicyclic) bond motifs is 1. The number of H-pyrrole nitrogens is 1. The van der Waals surface area contributed by atoms with Gasteiger partial charge in [0.05, 0.1) is 18.6 Å². The number of amides is 1. The Morgan fingerprint density at radius 2 is 1.90 bits per heavy atom. The molecule has 21 heavy (non-hydrogen) atoms. The van der Waals surface area contributed by atoms with Crippen LogP contribution in [0.4, 0.5) is 5.69 Å². The lowest BCUT2D eigenvalue weighted by atomic mass is 9.89. The number of hydrogen-bond donors (Lipinski definition) is 2. The monoisotopic (exact) mass is 284 g/mol. The van der Waals surface area contributed by atoms with Crippen LogP contribution >= 0.6 is 0 Å². The molecule has 5 nitrogen and oxygen atoms in total. The van der Waals surface area contributed by atoms with Gasteiger partial charge in [-0.15, -0.1) is 0 Å². The van der Waals surface area contributed by atoms with E-state index in [1.165, 1.54) is 7.11 Å². The van der Waals surface area contributed by atoms with Gasteiger partial charge >= 0.3 is 5.97 Å². The second kappa shape index (κ2) is 4.77. The van der Waals surface area contributed by atoms with Crippen molar-refractivity contribution in [1.29, 1.82) is 0 Å². The first-order valence-electron chi connectivity index (χ1n) is 6.71. The standard InChI is InChI=1S/C16H16N2O3/c1-8-12(13(9(2)17-8)16(20)21-3)14-10-6-4-5-7-11(10)18-15(14)19/h4-7,14,17H,1-3H3,(H,18,19). The molecule has 108 valence electrons. The van der Waals surface area contributed by atoms with Crippen LogP contribution in [0.15, 0.2) is 24.3 Å². The van der Waals surface area contributed by atoms with Gasteiger partial charge < -0.3 is 15.0 Å². The Morgan fingerprint density at radius 1 is 1.19 bits per heavy atom. The molecule has 0 radical (unpaired) electrons. The van der Waals surface area contributed by atoms with Crippen LogP contribution in [0, 0.1) is 13.8 Å². The van der Waals surface area contributed by atoms with Gasteiger partial charge in [0.2, 0.25) is 5.91 Å². The van der Waals surface area contributed by atoms with Crippen LogP contribution in [-0.4, -0.2) is 24.0 Å². The van der Waals surface area contributed by atoms with Gasteiger partial charge in [-0.05, 0) is 25.5 Å². The SMILES string of the molecule is COC(=O)c1c(C)[nH]c(C)c1C1C(=O)Nc2ccccc21. The Kier molecular flexibility index (Phi) is 3.05. The van der Waals surface area contributed by atoms with E-state index in [2.05, 4.69) is 10.3 Å². The van der Waals surface area contributed by atoms with E-state index in [1.807, 2.05) is 38.1 Å². The largest absolute Gasteiger partial charge is 0.465 e. The summed E-state index contributed by atoms with van der Waals surface area (Å²) in [7, 11) is 1.34. The first-order chi connectivity index (χ1) is 10.0. The van der Waals surface area contributed by atoms with Crippen LogP contribution in [0.25, 0.3) is 0 Å². The number of nitrogens with one attached hydrogen (secondary N) is 2. The summed E-state index contributed by atoms with van der Waals surface area (Å²) in [5.74, 6) is -1.03. The zero-order chi connectivity index (χ0) is 15.1. The fourth-order valence-corrected chi connectivity index (χ4v) is 3.02. The first-order valence-corrected chi connectivity index (χ1v) is 6.71. The Bertz CT molecular complexity index is 746. The van der Waals surface area contributed by atoms with Crippen molar-refractivity contribution in [2.75, 3.05) is 12.4 Å². The van der Waals surface area contributed by atoms with Gasteiger partial charge in [0.1, 0.15) is 0 Å². The van der Waals surface area contributed by atoms with Crippen LogP contribution in [0.3, 0.4) is 0 Å². The van der Waals surface area contributed by atoms with Gasteiger partial charge in [0.15, 0.2) is 0 Å². The molecule has 3 rings (SSSR count). The van der Waals surface area contributed by atoms with Crippen LogP contribution in [0.2, 0.25) is 0 Å². The second-order valence-corrected chi connectivity index (χ2v) is 5.16. The molecule has 1 atom stereocenters. The molecule has 0 saturated heterocycles. The summed E-state index contributed by atoms with van der Waals surface area (Å²) in [6, 6.07) is 7.53. The maximum absolute atomic E-state index is 12.4. The van der Waals surface area contributed by atoms with Crippen LogP contribution in [-0.2, 0) is 9.53 Å². The van der Waals surface area contributed by atoms with E-state index < -0.39 is 11.9 Å². The number of benzene rings is 1. The summed E-state index contributed by atoms with van der Waals surface area (Å²) in [5.41, 5.74) is 4.35. The number of hydrogen-bond acceptors (Lipinski definition) is 3. The number of rotatable bonds is 2. The molecule has 2 aromatic rings. The summed E-state index contributed by atoms with van der Waals surface area (Å²) in [5, 5.41) is 2.86. The number of ether oxygens (including phenoxy) is 1. The van der Waals surface area contributed by atoms with E-state index in [4.69, 9.17) is 4.74 Å². The fraction of sp³-hybridized carbons (Fsp3) is 0.250. The second-order valence-electron chi connectivity index (χ2n) is 5.16. The maximum Gasteiger partial charge on any atom is 0.340 e. The lowest BCUT2D eigenvalue weighted by molar-refractivity contribution is -0.116. The topological polar surface area (TPSA) is 71.2 Å². The maximum atomic E-state index is 12.4. The molecular formula is C16H16N2O3. The Morgan fingerprint density at radius 3 is 2.62 bits per heavy atom. The highest BCUT2D eigenvalue weighted by molar-refractivity contribution is 6.07. The number of aryl methyl sites for hydroxylation is 2. The summed E-state index contributed by atoms with van der Waals surface area (Å²) in [6.45, 7) is 3.67. The lowest BCUT2D eigenvalue weighted by Gasteiger charge is -2.11. The number of aromatic amines is 1. The van der Waals surface area contributed by atoms with Crippen molar-refractivity contribution in [3.8, 4) is 0 Å². The summed E-state index contributed by atoms with van der Waals surface area (Å²) in [4.78, 5) is 27.6. The van der Waals surface area contributed by atoms with Crippen molar-refractivity contribution < 1.29 is 14.3 Å². The molecule has 0 fully saturated rings. The molecule has 1 aromatic heterocycles. The smallest absolute Gasteiger partial charge is 0.340 e. The summed E-state index contributed by atoms with van der Waals surface area (Å²) < 4.78 is 4.86. The third-order valence-electron chi connectivity index (χ3n) is 3.89. The van der Waals surface area contributed by atoms with E-state index >= 15 is 0 Å². The van der Waals surface area contributed by atoms with Crippen molar-refractivity contribution in [3.05, 3.63) is 52.3 Å². The number of carbonyl (C=O) groups excluding carboxylic acids is 2. The third kappa shape index (κ3) is 1.93. The average molecular weight is 284 g/mol. The molecule has 0 aliphatic carbocycles. The van der Waals surface area contributed by atoms with Crippen LogP contribution < -0.4 is 5.32 Å². The number of methoxy groups -OCH3 is 1. The number of carbonyl (C=O) groups is 2. The quantitative estimate of drug-likeness (QED) is 0.832. The van der Waals surface area contributed by atoms with Gasteiger partial charge in [-0.2, -0.15) is 0 Å². The first kappa shape index (κ1) is 13.4. The number of aromatic nitrogens is 1. The van der Waals surface area contributed by atoms with Crippen molar-refractivity contribution >= 4 is 17.6 Å². The molecule has 5 heteroatoms. The Labute approximate surface area is 122 Å². The molecule has 1 aliphatic rings. The Hall–Kier alpha value is -2.56. The number of para-hydroxylation sites is 1. The van der Waals surface area contributed by atoms with Crippen molar-refractivity contribution in [3.63, 3.8) is 0 Å². The van der Waals surface area contributed by atoms with Gasteiger partial charge in [0.25, 0.3) is 0 Å². The molecule has 1 amide bonds. The molecule has 1 aliphatic heterocycles. The minimum Gasteiger partial charge on any atom is -0.465 e. The molecule has 1 unspecified atom stereocenters. The minimum absolute atomic E-state index is 0.122. The normalized spacial score (nSPS) is 16.5. The summed E-state index contributed by atoms with van der Waals surface area (Å²) in [6.07, 6.45) is 0. The van der Waals surface area contributed by atoms with E-state index in [1.54, 1.807) is 0 Å². The van der Waals surface area contributed by atoms with Gasteiger partial charge in [-0.1, -0.05) is 18.2 Å². The number of esters is 1. The highest BCUT2D eigenvalue weighted by atomic mass is 16.5. The van der Waals surface area contributed by atoms with Gasteiger partial charge in [-0.25, -0.2) is 4.79 Å². The minimum atomic E-state index is -0.486. The molecular weight excluding hydrogens is 268 g/mol. The molecule has 0 saturated carbocycles. The summed E-state index contributed by atoms with van der Waals surface area (Å²) >= 11 is 0. The van der Waals surface area contributed by atoms with Crippen LogP contribution in [0.1, 0.15) is 38.8 Å².